The monoisotopic (exact) mass is 855 g/mol. The predicted octanol–water partition coefficient (Wildman–Crippen LogP) is 16.4. The van der Waals surface area contributed by atoms with Crippen LogP contribution in [0.5, 0.6) is 0 Å². The second kappa shape index (κ2) is 16.9. The molecule has 10 aromatic rings. The van der Waals surface area contributed by atoms with Crippen LogP contribution in [0.2, 0.25) is 0 Å². The summed E-state index contributed by atoms with van der Waals surface area (Å²) in [5, 5.41) is 0. The largest absolute Gasteiger partial charge is 0.310 e. The van der Waals surface area contributed by atoms with E-state index in [1.807, 2.05) is 0 Å². The lowest BCUT2D eigenvalue weighted by Gasteiger charge is -2.37. The topological polar surface area (TPSA) is 3.24 Å². The van der Waals surface area contributed by atoms with E-state index >= 15 is 0 Å². The Morgan fingerprint density at radius 3 is 1.22 bits per heavy atom. The lowest BCUT2D eigenvalue weighted by molar-refractivity contribution is 0.563. The molecule has 0 unspecified atom stereocenters. The van der Waals surface area contributed by atoms with Gasteiger partial charge in [0.15, 0.2) is 0 Å². The molecule has 318 valence electrons. The predicted molar refractivity (Wildman–Crippen MR) is 280 cm³/mol. The van der Waals surface area contributed by atoms with Crippen LogP contribution >= 0.6 is 0 Å². The zero-order valence-electron chi connectivity index (χ0n) is 37.3. The second-order valence-electron chi connectivity index (χ2n) is 18.1. The maximum absolute atomic E-state index is 2.48. The fourth-order valence-corrected chi connectivity index (χ4v) is 11.3. The molecule has 0 bridgehead atoms. The summed E-state index contributed by atoms with van der Waals surface area (Å²) < 4.78 is 0. The third kappa shape index (κ3) is 7.03. The van der Waals surface area contributed by atoms with Crippen molar-refractivity contribution in [2.75, 3.05) is 4.90 Å². The molecule has 0 fully saturated rings. The maximum Gasteiger partial charge on any atom is 0.0701 e. The summed E-state index contributed by atoms with van der Waals surface area (Å²) >= 11 is 0. The molecular weight excluding hydrogens is 807 g/mol. The zero-order valence-corrected chi connectivity index (χ0v) is 37.3. The molecule has 2 aliphatic rings. The first-order chi connectivity index (χ1) is 33.2. The van der Waals surface area contributed by atoms with Crippen LogP contribution in [-0.4, -0.2) is 0 Å². The Labute approximate surface area is 394 Å². The van der Waals surface area contributed by atoms with Crippen LogP contribution < -0.4 is 4.90 Å². The van der Waals surface area contributed by atoms with Crippen molar-refractivity contribution in [3.05, 3.63) is 316 Å². The van der Waals surface area contributed by atoms with E-state index < -0.39 is 5.41 Å². The van der Waals surface area contributed by atoms with E-state index in [2.05, 4.69) is 278 Å². The number of rotatable bonds is 10. The number of nitrogens with zero attached hydrogens (tertiary/aromatic N) is 1. The molecule has 0 amide bonds. The normalized spacial score (nSPS) is 13.3. The van der Waals surface area contributed by atoms with Gasteiger partial charge in [-0.3, -0.25) is 0 Å². The number of anilines is 3. The third-order valence-electron chi connectivity index (χ3n) is 14.4. The molecule has 1 spiro atoms. The van der Waals surface area contributed by atoms with E-state index in [4.69, 9.17) is 0 Å². The van der Waals surface area contributed by atoms with Crippen LogP contribution in [-0.2, 0) is 23.7 Å². The molecule has 0 aliphatic heterocycles. The van der Waals surface area contributed by atoms with Crippen molar-refractivity contribution in [1.82, 2.24) is 0 Å². The van der Waals surface area contributed by atoms with E-state index in [1.165, 1.54) is 83.6 Å². The molecule has 0 N–H and O–H groups in total. The smallest absolute Gasteiger partial charge is 0.0701 e. The van der Waals surface area contributed by atoms with E-state index in [1.54, 1.807) is 0 Å². The minimum Gasteiger partial charge on any atom is -0.310 e. The van der Waals surface area contributed by atoms with E-state index in [0.717, 1.165) is 24.2 Å². The summed E-state index contributed by atoms with van der Waals surface area (Å²) in [6, 6.07) is 95.8. The molecule has 0 heterocycles. The molecule has 2 aliphatic carbocycles. The van der Waals surface area contributed by atoms with Crippen molar-refractivity contribution in [2.45, 2.75) is 23.7 Å². The summed E-state index contributed by atoms with van der Waals surface area (Å²) in [6.45, 7) is 0. The number of hydrogen-bond acceptors (Lipinski definition) is 1. The van der Waals surface area contributed by atoms with Crippen molar-refractivity contribution in [3.63, 3.8) is 0 Å². The highest BCUT2D eigenvalue weighted by atomic mass is 15.1. The summed E-state index contributed by atoms with van der Waals surface area (Å²) in [6.07, 6.45) is 6.53. The summed E-state index contributed by atoms with van der Waals surface area (Å²) in [7, 11) is 0. The SMILES string of the molecule is C(=C\c1ccc2c(c1)C1(Cc3ccccc3C1)c1cc(N(c3ccccc3)c3ccccc3)ccc1-2)/c1ccc(-c2ccc(C(c3ccccc3)(c3ccccc3)c3ccccc3)cc2)cc1. The summed E-state index contributed by atoms with van der Waals surface area (Å²) in [4.78, 5) is 2.39. The average molecular weight is 856 g/mol. The van der Waals surface area contributed by atoms with Gasteiger partial charge in [-0.2, -0.15) is 0 Å². The molecule has 0 saturated heterocycles. The quantitative estimate of drug-likeness (QED) is 0.0978. The standard InChI is InChI=1S/C66H49N/c1-6-20-54(21-7-1)66(55-22-8-2-9-23-55,56-24-10-3-11-25-56)57-39-37-51(38-40-57)50-35-32-48(33-36-50)30-31-49-34-42-61-62-43-41-60(67(58-26-12-4-13-27-58)59-28-14-5-15-29-59)45-64(62)65(63(61)44-49)46-52-18-16-17-19-53(52)47-65/h1-45H,46-47H2/b31-30+. The van der Waals surface area contributed by atoms with E-state index in [9.17, 15) is 0 Å². The first kappa shape index (κ1) is 40.3. The summed E-state index contributed by atoms with van der Waals surface area (Å²) in [5.74, 6) is 0. The average Bonchev–Trinajstić information content (AvgIpc) is 3.92. The minimum atomic E-state index is -0.465. The number of fused-ring (bicyclic) bond motifs is 6. The van der Waals surface area contributed by atoms with Gasteiger partial charge in [-0.1, -0.05) is 237 Å². The fourth-order valence-electron chi connectivity index (χ4n) is 11.3. The van der Waals surface area contributed by atoms with Crippen molar-refractivity contribution in [2.24, 2.45) is 0 Å². The molecule has 1 nitrogen and oxygen atoms in total. The van der Waals surface area contributed by atoms with Crippen molar-refractivity contribution in [1.29, 1.82) is 0 Å². The molecular formula is C66H49N. The Kier molecular flexibility index (Phi) is 10.2. The Bertz CT molecular complexity index is 3190. The number of benzene rings is 10. The first-order valence-corrected chi connectivity index (χ1v) is 23.5. The highest BCUT2D eigenvalue weighted by Gasteiger charge is 2.47. The van der Waals surface area contributed by atoms with Crippen LogP contribution in [0.3, 0.4) is 0 Å². The van der Waals surface area contributed by atoms with Gasteiger partial charge < -0.3 is 4.90 Å². The molecule has 67 heavy (non-hydrogen) atoms. The van der Waals surface area contributed by atoms with Crippen molar-refractivity contribution in [3.8, 4) is 22.3 Å². The number of para-hydroxylation sites is 2. The second-order valence-corrected chi connectivity index (χ2v) is 18.1. The third-order valence-corrected chi connectivity index (χ3v) is 14.4. The van der Waals surface area contributed by atoms with Crippen molar-refractivity contribution >= 4 is 29.2 Å². The van der Waals surface area contributed by atoms with Gasteiger partial charge in [-0.25, -0.2) is 0 Å². The van der Waals surface area contributed by atoms with Gasteiger partial charge in [0, 0.05) is 22.5 Å². The first-order valence-electron chi connectivity index (χ1n) is 23.5. The molecule has 12 rings (SSSR count). The van der Waals surface area contributed by atoms with Gasteiger partial charge in [0.25, 0.3) is 0 Å². The number of hydrogen-bond donors (Lipinski definition) is 0. The highest BCUT2D eigenvalue weighted by Crippen LogP contribution is 2.57. The lowest BCUT2D eigenvalue weighted by Crippen LogP contribution is -2.30. The Morgan fingerprint density at radius 1 is 0.328 bits per heavy atom. The van der Waals surface area contributed by atoms with Crippen molar-refractivity contribution < 1.29 is 0 Å². The van der Waals surface area contributed by atoms with Gasteiger partial charge in [-0.15, -0.1) is 0 Å². The fraction of sp³-hybridized carbons (Fsp3) is 0.0606. The highest BCUT2D eigenvalue weighted by molar-refractivity contribution is 5.88. The molecule has 0 saturated carbocycles. The Morgan fingerprint density at radius 2 is 0.716 bits per heavy atom. The molecule has 10 aromatic carbocycles. The Balaban J connectivity index is 0.856. The van der Waals surface area contributed by atoms with Crippen LogP contribution in [0.25, 0.3) is 34.4 Å². The van der Waals surface area contributed by atoms with Crippen LogP contribution in [0, 0.1) is 0 Å². The maximum atomic E-state index is 2.48. The van der Waals surface area contributed by atoms with Gasteiger partial charge >= 0.3 is 0 Å². The van der Waals surface area contributed by atoms with Crippen LogP contribution in [0.1, 0.15) is 55.6 Å². The molecule has 0 aromatic heterocycles. The van der Waals surface area contributed by atoms with Gasteiger partial charge in [0.05, 0.1) is 5.41 Å². The van der Waals surface area contributed by atoms with Gasteiger partial charge in [-0.05, 0) is 127 Å². The molecule has 0 radical (unpaired) electrons. The molecule has 0 atom stereocenters. The van der Waals surface area contributed by atoms with E-state index in [0.29, 0.717) is 0 Å². The Hall–Kier alpha value is -8.26. The van der Waals surface area contributed by atoms with Crippen LogP contribution in [0.15, 0.2) is 261 Å². The zero-order chi connectivity index (χ0) is 44.6. The van der Waals surface area contributed by atoms with Gasteiger partial charge in [0.1, 0.15) is 0 Å². The summed E-state index contributed by atoms with van der Waals surface area (Å²) in [5.41, 5.74) is 21.1. The van der Waals surface area contributed by atoms with Gasteiger partial charge in [0.2, 0.25) is 0 Å². The van der Waals surface area contributed by atoms with Crippen LogP contribution in [0.4, 0.5) is 17.1 Å². The lowest BCUT2D eigenvalue weighted by atomic mass is 9.65. The minimum absolute atomic E-state index is 0.145. The molecule has 1 heteroatoms. The van der Waals surface area contributed by atoms with E-state index in [-0.39, 0.29) is 5.41 Å².